The summed E-state index contributed by atoms with van der Waals surface area (Å²) < 4.78 is 5.58. The standard InChI is InChI=1S/C19H28N4O.2ClH/c1-2-24-13-18-21-17-8-10-20-9-7-16(17)19(22-18)23-11-14-5-3-4-6-15(14)12-23;;/h3-4,14-15,20H,2,5-13H2,1H3;2*1H/t14-,15+;;. The van der Waals surface area contributed by atoms with Crippen LogP contribution in [0.2, 0.25) is 0 Å². The maximum atomic E-state index is 5.58. The van der Waals surface area contributed by atoms with E-state index < -0.39 is 0 Å². The van der Waals surface area contributed by atoms with E-state index in [-0.39, 0.29) is 24.8 Å². The summed E-state index contributed by atoms with van der Waals surface area (Å²) in [6, 6.07) is 0. The molecule has 0 bridgehead atoms. The number of anilines is 1. The van der Waals surface area contributed by atoms with Crippen molar-refractivity contribution in [3.63, 3.8) is 0 Å². The summed E-state index contributed by atoms with van der Waals surface area (Å²) in [5, 5.41) is 3.50. The molecule has 5 nitrogen and oxygen atoms in total. The lowest BCUT2D eigenvalue weighted by molar-refractivity contribution is 0.128. The van der Waals surface area contributed by atoms with Gasteiger partial charge in [0.1, 0.15) is 12.4 Å². The maximum absolute atomic E-state index is 5.58. The minimum absolute atomic E-state index is 0. The van der Waals surface area contributed by atoms with Crippen LogP contribution in [0.5, 0.6) is 0 Å². The molecule has 4 rings (SSSR count). The predicted octanol–water partition coefficient (Wildman–Crippen LogP) is 2.95. The van der Waals surface area contributed by atoms with E-state index in [4.69, 9.17) is 14.7 Å². The van der Waals surface area contributed by atoms with Crippen molar-refractivity contribution >= 4 is 30.6 Å². The van der Waals surface area contributed by atoms with Crippen molar-refractivity contribution in [2.24, 2.45) is 11.8 Å². The number of halogens is 2. The highest BCUT2D eigenvalue weighted by Gasteiger charge is 2.35. The van der Waals surface area contributed by atoms with Crippen LogP contribution in [0, 0.1) is 11.8 Å². The molecule has 1 N–H and O–H groups in total. The second-order valence-corrected chi connectivity index (χ2v) is 7.14. The van der Waals surface area contributed by atoms with Crippen LogP contribution in [0.1, 0.15) is 36.8 Å². The zero-order chi connectivity index (χ0) is 16.4. The van der Waals surface area contributed by atoms with Crippen LogP contribution >= 0.6 is 24.8 Å². The van der Waals surface area contributed by atoms with E-state index in [0.29, 0.717) is 13.2 Å². The van der Waals surface area contributed by atoms with Gasteiger partial charge in [0.05, 0.1) is 5.69 Å². The van der Waals surface area contributed by atoms with Crippen LogP contribution in [-0.4, -0.2) is 42.8 Å². The van der Waals surface area contributed by atoms with E-state index >= 15 is 0 Å². The summed E-state index contributed by atoms with van der Waals surface area (Å²) in [5.74, 6) is 3.62. The fourth-order valence-corrected chi connectivity index (χ4v) is 4.28. The smallest absolute Gasteiger partial charge is 0.156 e. The molecule has 0 unspecified atom stereocenters. The molecular formula is C19H30Cl2N4O. The molecule has 2 atom stereocenters. The number of fused-ring (bicyclic) bond motifs is 2. The lowest BCUT2D eigenvalue weighted by Gasteiger charge is -2.23. The summed E-state index contributed by atoms with van der Waals surface area (Å²) in [7, 11) is 0. The Hall–Kier alpha value is -0.880. The monoisotopic (exact) mass is 400 g/mol. The van der Waals surface area contributed by atoms with Gasteiger partial charge in [0, 0.05) is 38.2 Å². The number of hydrogen-bond donors (Lipinski definition) is 1. The van der Waals surface area contributed by atoms with E-state index in [9.17, 15) is 0 Å². The number of hydrogen-bond acceptors (Lipinski definition) is 5. The molecule has 1 saturated heterocycles. The molecule has 1 aromatic rings. The average molecular weight is 401 g/mol. The van der Waals surface area contributed by atoms with E-state index in [1.54, 1.807) is 0 Å². The first kappa shape index (κ1) is 21.4. The molecule has 0 spiro atoms. The molecule has 146 valence electrons. The minimum Gasteiger partial charge on any atom is -0.374 e. The van der Waals surface area contributed by atoms with Crippen molar-refractivity contribution in [1.29, 1.82) is 0 Å². The van der Waals surface area contributed by atoms with Gasteiger partial charge < -0.3 is 15.0 Å². The molecule has 0 aromatic carbocycles. The minimum atomic E-state index is 0. The van der Waals surface area contributed by atoms with Crippen LogP contribution in [0.4, 0.5) is 5.82 Å². The topological polar surface area (TPSA) is 50.3 Å². The molecule has 1 fully saturated rings. The third-order valence-corrected chi connectivity index (χ3v) is 5.56. The first-order valence-electron chi connectivity index (χ1n) is 9.42. The third kappa shape index (κ3) is 4.50. The molecule has 1 aromatic heterocycles. The highest BCUT2D eigenvalue weighted by molar-refractivity contribution is 5.85. The normalized spacial score (nSPS) is 24.1. The van der Waals surface area contributed by atoms with Crippen molar-refractivity contribution < 1.29 is 4.74 Å². The molecule has 1 aliphatic carbocycles. The summed E-state index contributed by atoms with van der Waals surface area (Å²) in [6.07, 6.45) is 9.19. The first-order chi connectivity index (χ1) is 11.8. The van der Waals surface area contributed by atoms with Crippen molar-refractivity contribution in [2.45, 2.75) is 39.2 Å². The SMILES string of the molecule is CCOCc1nc2c(c(N3C[C@H]4CC=CC[C@H]4C3)n1)CCNCC2.Cl.Cl. The fourth-order valence-electron chi connectivity index (χ4n) is 4.28. The Bertz CT molecular complexity index is 610. The Morgan fingerprint density at radius 3 is 2.46 bits per heavy atom. The average Bonchev–Trinajstić information content (AvgIpc) is 2.90. The molecule has 7 heteroatoms. The second-order valence-electron chi connectivity index (χ2n) is 7.14. The Morgan fingerprint density at radius 1 is 1.08 bits per heavy atom. The molecular weight excluding hydrogens is 371 g/mol. The van der Waals surface area contributed by atoms with Crippen LogP contribution in [0.15, 0.2) is 12.2 Å². The molecule has 0 amide bonds. The molecule has 0 saturated carbocycles. The van der Waals surface area contributed by atoms with Gasteiger partial charge in [0.15, 0.2) is 5.82 Å². The molecule has 3 aliphatic rings. The summed E-state index contributed by atoms with van der Waals surface area (Å²) >= 11 is 0. The van der Waals surface area contributed by atoms with Crippen molar-refractivity contribution in [3.8, 4) is 0 Å². The Balaban J connectivity index is 0.00000121. The number of nitrogens with zero attached hydrogens (tertiary/aromatic N) is 3. The lowest BCUT2D eigenvalue weighted by Crippen LogP contribution is -2.25. The third-order valence-electron chi connectivity index (χ3n) is 5.56. The van der Waals surface area contributed by atoms with Crippen LogP contribution in [0.25, 0.3) is 0 Å². The van der Waals surface area contributed by atoms with E-state index in [0.717, 1.165) is 56.7 Å². The second kappa shape index (κ2) is 9.88. The lowest BCUT2D eigenvalue weighted by atomic mass is 9.86. The number of allylic oxidation sites excluding steroid dienone is 2. The van der Waals surface area contributed by atoms with Gasteiger partial charge in [-0.1, -0.05) is 12.2 Å². The van der Waals surface area contributed by atoms with Gasteiger partial charge >= 0.3 is 0 Å². The fraction of sp³-hybridized carbons (Fsp3) is 0.684. The van der Waals surface area contributed by atoms with E-state index in [1.807, 2.05) is 6.92 Å². The van der Waals surface area contributed by atoms with Crippen molar-refractivity contribution in [3.05, 3.63) is 29.2 Å². The van der Waals surface area contributed by atoms with Gasteiger partial charge in [0.25, 0.3) is 0 Å². The predicted molar refractivity (Wildman–Crippen MR) is 110 cm³/mol. The number of nitrogens with one attached hydrogen (secondary N) is 1. The van der Waals surface area contributed by atoms with Crippen molar-refractivity contribution in [2.75, 3.05) is 37.7 Å². The number of rotatable bonds is 4. The van der Waals surface area contributed by atoms with E-state index in [1.165, 1.54) is 29.9 Å². The van der Waals surface area contributed by atoms with Gasteiger partial charge in [-0.3, -0.25) is 0 Å². The van der Waals surface area contributed by atoms with Gasteiger partial charge in [-0.25, -0.2) is 9.97 Å². The first-order valence-corrected chi connectivity index (χ1v) is 9.42. The molecule has 26 heavy (non-hydrogen) atoms. The van der Waals surface area contributed by atoms with Gasteiger partial charge in [0.2, 0.25) is 0 Å². The molecule has 2 aliphatic heterocycles. The van der Waals surface area contributed by atoms with Gasteiger partial charge in [-0.05, 0) is 44.6 Å². The van der Waals surface area contributed by atoms with Gasteiger partial charge in [-0.15, -0.1) is 24.8 Å². The zero-order valence-corrected chi connectivity index (χ0v) is 17.1. The van der Waals surface area contributed by atoms with Crippen LogP contribution in [0.3, 0.4) is 0 Å². The molecule has 3 heterocycles. The Morgan fingerprint density at radius 2 is 1.77 bits per heavy atom. The van der Waals surface area contributed by atoms with Crippen LogP contribution < -0.4 is 10.2 Å². The maximum Gasteiger partial charge on any atom is 0.156 e. The zero-order valence-electron chi connectivity index (χ0n) is 15.4. The quantitative estimate of drug-likeness (QED) is 0.787. The van der Waals surface area contributed by atoms with Crippen molar-refractivity contribution in [1.82, 2.24) is 15.3 Å². The number of ether oxygens (including phenoxy) is 1. The van der Waals surface area contributed by atoms with E-state index in [2.05, 4.69) is 22.4 Å². The largest absolute Gasteiger partial charge is 0.374 e. The highest BCUT2D eigenvalue weighted by Crippen LogP contribution is 2.36. The number of aromatic nitrogens is 2. The summed E-state index contributed by atoms with van der Waals surface area (Å²) in [5.41, 5.74) is 2.60. The Kier molecular flexibility index (Phi) is 8.14. The van der Waals surface area contributed by atoms with Crippen LogP contribution in [-0.2, 0) is 24.2 Å². The van der Waals surface area contributed by atoms with Gasteiger partial charge in [-0.2, -0.15) is 0 Å². The highest BCUT2D eigenvalue weighted by atomic mass is 35.5. The Labute approximate surface area is 168 Å². The summed E-state index contributed by atoms with van der Waals surface area (Å²) in [4.78, 5) is 12.3. The summed E-state index contributed by atoms with van der Waals surface area (Å²) in [6.45, 7) is 7.55. The molecule has 0 radical (unpaired) electrons.